The molecule has 3 rings (SSSR count). The number of nitrogens with zero attached hydrogens (tertiary/aromatic N) is 3. The molecular weight excluding hydrogens is 400 g/mol. The molecule has 0 unspecified atom stereocenters. The Balaban J connectivity index is 1.59. The second-order valence-electron chi connectivity index (χ2n) is 5.58. The van der Waals surface area contributed by atoms with Crippen molar-refractivity contribution >= 4 is 39.8 Å². The van der Waals surface area contributed by atoms with E-state index in [9.17, 15) is 14.9 Å². The minimum atomic E-state index is -0.595. The number of methoxy groups -OCH3 is 1. The van der Waals surface area contributed by atoms with Gasteiger partial charge in [0.2, 0.25) is 5.13 Å². The number of aromatic nitrogens is 2. The molecule has 10 heteroatoms. The second kappa shape index (κ2) is 9.29. The van der Waals surface area contributed by atoms with Gasteiger partial charge in [-0.1, -0.05) is 41.7 Å². The molecule has 2 aromatic carbocycles. The fourth-order valence-electron chi connectivity index (χ4n) is 2.34. The van der Waals surface area contributed by atoms with E-state index >= 15 is 0 Å². The lowest BCUT2D eigenvalue weighted by molar-refractivity contribution is -0.385. The Morgan fingerprint density at radius 3 is 2.71 bits per heavy atom. The molecule has 0 atom stereocenters. The Morgan fingerprint density at radius 1 is 1.21 bits per heavy atom. The summed E-state index contributed by atoms with van der Waals surface area (Å²) in [6, 6.07) is 14.1. The Morgan fingerprint density at radius 2 is 2.00 bits per heavy atom. The van der Waals surface area contributed by atoms with Crippen LogP contribution < -0.4 is 10.1 Å². The summed E-state index contributed by atoms with van der Waals surface area (Å²) >= 11 is 2.98. The minimum Gasteiger partial charge on any atom is -0.490 e. The Labute approximate surface area is 169 Å². The number of anilines is 1. The summed E-state index contributed by atoms with van der Waals surface area (Å²) in [7, 11) is 1.33. The molecule has 0 fully saturated rings. The number of hydrogen-bond donors (Lipinski definition) is 1. The number of amides is 1. The normalized spacial score (nSPS) is 10.5. The summed E-state index contributed by atoms with van der Waals surface area (Å²) in [5.74, 6) is 1.13. The van der Waals surface area contributed by atoms with Crippen LogP contribution in [0, 0.1) is 10.1 Å². The van der Waals surface area contributed by atoms with Gasteiger partial charge in [0.1, 0.15) is 5.01 Å². The van der Waals surface area contributed by atoms with Crippen LogP contribution in [0.5, 0.6) is 5.75 Å². The average molecular weight is 416 g/mol. The molecule has 1 N–H and O–H groups in total. The maximum absolute atomic E-state index is 12.4. The van der Waals surface area contributed by atoms with Crippen molar-refractivity contribution in [2.24, 2.45) is 0 Å². The fourth-order valence-corrected chi connectivity index (χ4v) is 4.11. The predicted octanol–water partition coefficient (Wildman–Crippen LogP) is 4.14. The topological polar surface area (TPSA) is 107 Å². The molecule has 8 nitrogen and oxygen atoms in total. The minimum absolute atomic E-state index is 0.0928. The van der Waals surface area contributed by atoms with Gasteiger partial charge in [-0.3, -0.25) is 20.2 Å². The number of carbonyl (C=O) groups excluding carboxylic acids is 1. The van der Waals surface area contributed by atoms with Crippen LogP contribution in [0.2, 0.25) is 0 Å². The third-order valence-electron chi connectivity index (χ3n) is 3.66. The van der Waals surface area contributed by atoms with Crippen LogP contribution in [0.4, 0.5) is 10.8 Å². The lowest BCUT2D eigenvalue weighted by Gasteiger charge is -2.04. The van der Waals surface area contributed by atoms with Crippen molar-refractivity contribution < 1.29 is 14.5 Å². The third-order valence-corrected chi connectivity index (χ3v) is 5.70. The van der Waals surface area contributed by atoms with E-state index in [1.54, 1.807) is 11.8 Å². The zero-order valence-electron chi connectivity index (χ0n) is 14.8. The van der Waals surface area contributed by atoms with Gasteiger partial charge in [-0.05, 0) is 17.7 Å². The summed E-state index contributed by atoms with van der Waals surface area (Å²) < 4.78 is 4.94. The molecule has 0 radical (unpaired) electrons. The van der Waals surface area contributed by atoms with Crippen molar-refractivity contribution in [1.82, 2.24) is 10.2 Å². The van der Waals surface area contributed by atoms with Gasteiger partial charge in [0.05, 0.1) is 12.0 Å². The number of ether oxygens (including phenoxy) is 1. The number of nitro groups is 1. The lowest BCUT2D eigenvalue weighted by atomic mass is 10.2. The third kappa shape index (κ3) is 5.05. The van der Waals surface area contributed by atoms with Crippen molar-refractivity contribution in [3.63, 3.8) is 0 Å². The molecule has 1 heterocycles. The first-order valence-corrected chi connectivity index (χ1v) is 10.1. The maximum atomic E-state index is 12.4. The SMILES string of the molecule is COc1ccc(C(=O)Nc2nnc(CSCc3ccccc3)s2)cc1[N+](=O)[O-]. The molecule has 0 aliphatic carbocycles. The highest BCUT2D eigenvalue weighted by molar-refractivity contribution is 7.97. The highest BCUT2D eigenvalue weighted by Gasteiger charge is 2.19. The Hall–Kier alpha value is -2.98. The van der Waals surface area contributed by atoms with Crippen LogP contribution >= 0.6 is 23.1 Å². The van der Waals surface area contributed by atoms with Gasteiger partial charge in [0.15, 0.2) is 5.75 Å². The molecule has 0 spiro atoms. The van der Waals surface area contributed by atoms with Crippen molar-refractivity contribution in [3.05, 3.63) is 74.8 Å². The number of benzene rings is 2. The average Bonchev–Trinajstić information content (AvgIpc) is 3.15. The first kappa shape index (κ1) is 19.8. The molecule has 144 valence electrons. The summed E-state index contributed by atoms with van der Waals surface area (Å²) in [5.41, 5.74) is 1.10. The molecule has 0 aliphatic heterocycles. The van der Waals surface area contributed by atoms with Gasteiger partial charge >= 0.3 is 5.69 Å². The summed E-state index contributed by atoms with van der Waals surface area (Å²) in [6.45, 7) is 0. The number of nitro benzene ring substituents is 1. The number of nitrogens with one attached hydrogen (secondary N) is 1. The predicted molar refractivity (Wildman–Crippen MR) is 109 cm³/mol. The first-order chi connectivity index (χ1) is 13.6. The van der Waals surface area contributed by atoms with Crippen LogP contribution in [-0.2, 0) is 11.5 Å². The molecule has 28 heavy (non-hydrogen) atoms. The summed E-state index contributed by atoms with van der Waals surface area (Å²) in [4.78, 5) is 22.9. The van der Waals surface area contributed by atoms with E-state index in [1.165, 1.54) is 42.2 Å². The van der Waals surface area contributed by atoms with Crippen LogP contribution in [-0.4, -0.2) is 28.1 Å². The molecule has 0 saturated carbocycles. The van der Waals surface area contributed by atoms with Crippen molar-refractivity contribution in [2.45, 2.75) is 11.5 Å². The highest BCUT2D eigenvalue weighted by Crippen LogP contribution is 2.28. The van der Waals surface area contributed by atoms with E-state index in [0.717, 1.165) is 10.8 Å². The van der Waals surface area contributed by atoms with E-state index in [4.69, 9.17) is 4.74 Å². The quantitative estimate of drug-likeness (QED) is 0.434. The monoisotopic (exact) mass is 416 g/mol. The second-order valence-corrected chi connectivity index (χ2v) is 7.62. The van der Waals surface area contributed by atoms with E-state index in [-0.39, 0.29) is 17.0 Å². The number of carbonyl (C=O) groups is 1. The summed E-state index contributed by atoms with van der Waals surface area (Å²) in [5, 5.41) is 22.9. The molecule has 1 amide bonds. The van der Waals surface area contributed by atoms with Crippen molar-refractivity contribution in [1.29, 1.82) is 0 Å². The van der Waals surface area contributed by atoms with Crippen LogP contribution in [0.15, 0.2) is 48.5 Å². The van der Waals surface area contributed by atoms with Gasteiger partial charge < -0.3 is 4.74 Å². The largest absolute Gasteiger partial charge is 0.490 e. The zero-order chi connectivity index (χ0) is 19.9. The van der Waals surface area contributed by atoms with E-state index in [0.29, 0.717) is 10.9 Å². The van der Waals surface area contributed by atoms with Gasteiger partial charge in [0, 0.05) is 23.1 Å². The van der Waals surface area contributed by atoms with Crippen molar-refractivity contribution in [3.8, 4) is 5.75 Å². The molecule has 0 bridgehead atoms. The highest BCUT2D eigenvalue weighted by atomic mass is 32.2. The molecule has 0 aliphatic rings. The number of thioether (sulfide) groups is 1. The first-order valence-electron chi connectivity index (χ1n) is 8.14. The molecule has 0 saturated heterocycles. The standard InChI is InChI=1S/C18H16N4O4S2/c1-26-15-8-7-13(9-14(15)22(24)25)17(23)19-18-21-20-16(28-18)11-27-10-12-5-3-2-4-6-12/h2-9H,10-11H2,1H3,(H,19,21,23). The number of rotatable bonds is 8. The van der Waals surface area contributed by atoms with Gasteiger partial charge in [-0.15, -0.1) is 22.0 Å². The Kier molecular flexibility index (Phi) is 6.56. The molecular formula is C18H16N4O4S2. The van der Waals surface area contributed by atoms with Crippen molar-refractivity contribution in [2.75, 3.05) is 12.4 Å². The van der Waals surface area contributed by atoms with Gasteiger partial charge in [0.25, 0.3) is 5.91 Å². The van der Waals surface area contributed by atoms with Crippen LogP contribution in [0.25, 0.3) is 0 Å². The van der Waals surface area contributed by atoms with E-state index in [1.807, 2.05) is 18.2 Å². The van der Waals surface area contributed by atoms with Gasteiger partial charge in [-0.2, -0.15) is 0 Å². The van der Waals surface area contributed by atoms with E-state index < -0.39 is 10.8 Å². The van der Waals surface area contributed by atoms with Gasteiger partial charge in [-0.25, -0.2) is 0 Å². The molecule has 1 aromatic heterocycles. The maximum Gasteiger partial charge on any atom is 0.311 e. The number of hydrogen-bond acceptors (Lipinski definition) is 8. The zero-order valence-corrected chi connectivity index (χ0v) is 16.5. The van der Waals surface area contributed by atoms with E-state index in [2.05, 4.69) is 27.6 Å². The lowest BCUT2D eigenvalue weighted by Crippen LogP contribution is -2.12. The fraction of sp³-hybridized carbons (Fsp3) is 0.167. The molecule has 3 aromatic rings. The van der Waals surface area contributed by atoms with Crippen LogP contribution in [0.1, 0.15) is 20.9 Å². The van der Waals surface area contributed by atoms with Crippen LogP contribution in [0.3, 0.4) is 0 Å². The Bertz CT molecular complexity index is 979. The summed E-state index contributed by atoms with van der Waals surface area (Å²) in [6.07, 6.45) is 0. The smallest absolute Gasteiger partial charge is 0.311 e.